The molecule has 1 fully saturated rings. The van der Waals surface area contributed by atoms with Crippen LogP contribution < -0.4 is 5.32 Å². The summed E-state index contributed by atoms with van der Waals surface area (Å²) in [5, 5.41) is 21.3. The van der Waals surface area contributed by atoms with Crippen LogP contribution in [0, 0.1) is 12.8 Å². The average molecular weight is 313 g/mol. The van der Waals surface area contributed by atoms with E-state index in [4.69, 9.17) is 4.42 Å². The molecular weight excluding hydrogens is 290 g/mol. The van der Waals surface area contributed by atoms with Crippen LogP contribution in [-0.2, 0) is 4.79 Å². The third kappa shape index (κ3) is 3.77. The summed E-state index contributed by atoms with van der Waals surface area (Å²) in [6, 6.07) is 0. The Labute approximate surface area is 129 Å². The Hall–Kier alpha value is -1.08. The normalized spacial score (nSPS) is 25.3. The van der Waals surface area contributed by atoms with Gasteiger partial charge in [0.1, 0.15) is 5.54 Å². The lowest BCUT2D eigenvalue weighted by atomic mass is 9.85. The predicted octanol–water partition coefficient (Wildman–Crippen LogP) is 2.48. The smallest absolute Gasteiger partial charge is 0.324 e. The van der Waals surface area contributed by atoms with Crippen LogP contribution in [0.4, 0.5) is 0 Å². The second kappa shape index (κ2) is 7.26. The fraction of sp³-hybridized carbons (Fsp3) is 0.786. The third-order valence-electron chi connectivity index (χ3n) is 4.09. The first-order chi connectivity index (χ1) is 10.1. The molecule has 0 amide bonds. The van der Waals surface area contributed by atoms with E-state index in [-0.39, 0.29) is 5.92 Å². The minimum absolute atomic E-state index is 0.165. The molecule has 2 rings (SSSR count). The van der Waals surface area contributed by atoms with Crippen molar-refractivity contribution in [3.05, 3.63) is 5.89 Å². The zero-order valence-electron chi connectivity index (χ0n) is 12.6. The number of rotatable bonds is 8. The van der Waals surface area contributed by atoms with Crippen molar-refractivity contribution in [3.63, 3.8) is 0 Å². The van der Waals surface area contributed by atoms with Crippen molar-refractivity contribution in [2.24, 2.45) is 5.92 Å². The van der Waals surface area contributed by atoms with Crippen LogP contribution in [0.2, 0.25) is 0 Å². The van der Waals surface area contributed by atoms with Gasteiger partial charge in [-0.3, -0.25) is 4.79 Å². The Kier molecular flexibility index (Phi) is 5.64. The molecule has 0 saturated heterocycles. The summed E-state index contributed by atoms with van der Waals surface area (Å²) in [4.78, 5) is 11.8. The number of thioether (sulfide) groups is 1. The zero-order chi connectivity index (χ0) is 15.3. The van der Waals surface area contributed by atoms with E-state index in [0.717, 1.165) is 44.4 Å². The highest BCUT2D eigenvalue weighted by atomic mass is 32.2. The monoisotopic (exact) mass is 313 g/mol. The Morgan fingerprint density at radius 3 is 3.00 bits per heavy atom. The van der Waals surface area contributed by atoms with Crippen molar-refractivity contribution in [1.82, 2.24) is 15.5 Å². The van der Waals surface area contributed by atoms with Crippen molar-refractivity contribution in [3.8, 4) is 0 Å². The standard InChI is InChI=1S/C14H23N3O3S/c1-3-8-15-14(12(18)19)7-4-5-11(14)6-9-21-13-17-16-10(2)20-13/h11,15H,3-9H2,1-2H3,(H,18,19). The number of carboxylic acid groups (broad SMARTS) is 1. The molecule has 118 valence electrons. The van der Waals surface area contributed by atoms with Gasteiger partial charge in [-0.2, -0.15) is 0 Å². The first-order valence-electron chi connectivity index (χ1n) is 7.50. The van der Waals surface area contributed by atoms with Crippen molar-refractivity contribution in [2.75, 3.05) is 12.3 Å². The van der Waals surface area contributed by atoms with E-state index in [2.05, 4.69) is 22.4 Å². The Morgan fingerprint density at radius 2 is 2.38 bits per heavy atom. The number of aliphatic carboxylic acids is 1. The zero-order valence-corrected chi connectivity index (χ0v) is 13.4. The maximum Gasteiger partial charge on any atom is 0.324 e. The van der Waals surface area contributed by atoms with E-state index in [1.54, 1.807) is 6.92 Å². The Balaban J connectivity index is 1.91. The molecule has 1 aliphatic rings. The quantitative estimate of drug-likeness (QED) is 0.713. The third-order valence-corrected chi connectivity index (χ3v) is 4.94. The first kappa shape index (κ1) is 16.3. The largest absolute Gasteiger partial charge is 0.480 e. The van der Waals surface area contributed by atoms with Crippen LogP contribution in [0.25, 0.3) is 0 Å². The highest BCUT2D eigenvalue weighted by Crippen LogP contribution is 2.39. The van der Waals surface area contributed by atoms with Gasteiger partial charge < -0.3 is 14.8 Å². The van der Waals surface area contributed by atoms with E-state index >= 15 is 0 Å². The molecule has 21 heavy (non-hydrogen) atoms. The number of carbonyl (C=O) groups is 1. The van der Waals surface area contributed by atoms with Crippen molar-refractivity contribution in [2.45, 2.75) is 56.7 Å². The molecule has 1 aromatic heterocycles. The summed E-state index contributed by atoms with van der Waals surface area (Å²) in [7, 11) is 0. The van der Waals surface area contributed by atoms with E-state index in [0.29, 0.717) is 11.1 Å². The second-order valence-corrected chi connectivity index (χ2v) is 6.56. The average Bonchev–Trinajstić information content (AvgIpc) is 3.04. The molecule has 1 heterocycles. The molecule has 2 N–H and O–H groups in total. The molecule has 2 atom stereocenters. The molecule has 0 bridgehead atoms. The lowest BCUT2D eigenvalue weighted by molar-refractivity contribution is -0.146. The Bertz CT molecular complexity index is 480. The van der Waals surface area contributed by atoms with Crippen molar-refractivity contribution < 1.29 is 14.3 Å². The van der Waals surface area contributed by atoms with Crippen LogP contribution in [0.15, 0.2) is 9.64 Å². The number of aryl methyl sites for hydroxylation is 1. The number of nitrogens with zero attached hydrogens (tertiary/aromatic N) is 2. The van der Waals surface area contributed by atoms with Crippen LogP contribution in [0.1, 0.15) is 44.9 Å². The highest BCUT2D eigenvalue weighted by molar-refractivity contribution is 7.99. The summed E-state index contributed by atoms with van der Waals surface area (Å²) in [6.07, 6.45) is 4.44. The molecule has 0 spiro atoms. The van der Waals surface area contributed by atoms with Gasteiger partial charge >= 0.3 is 5.97 Å². The van der Waals surface area contributed by atoms with Gasteiger partial charge in [-0.15, -0.1) is 10.2 Å². The minimum atomic E-state index is -0.749. The Morgan fingerprint density at radius 1 is 1.57 bits per heavy atom. The molecule has 1 aromatic rings. The van der Waals surface area contributed by atoms with Gasteiger partial charge in [0.15, 0.2) is 0 Å². The first-order valence-corrected chi connectivity index (χ1v) is 8.48. The maximum atomic E-state index is 11.8. The number of hydrogen-bond acceptors (Lipinski definition) is 6. The van der Waals surface area contributed by atoms with Crippen molar-refractivity contribution >= 4 is 17.7 Å². The lowest BCUT2D eigenvalue weighted by Gasteiger charge is -2.32. The molecule has 0 radical (unpaired) electrons. The van der Waals surface area contributed by atoms with E-state index in [1.165, 1.54) is 11.8 Å². The summed E-state index contributed by atoms with van der Waals surface area (Å²) in [5.41, 5.74) is -0.749. The summed E-state index contributed by atoms with van der Waals surface area (Å²) in [6.45, 7) is 4.57. The molecule has 1 saturated carbocycles. The van der Waals surface area contributed by atoms with Gasteiger partial charge in [-0.1, -0.05) is 25.1 Å². The predicted molar refractivity (Wildman–Crippen MR) is 80.4 cm³/mol. The van der Waals surface area contributed by atoms with E-state index in [1.807, 2.05) is 0 Å². The van der Waals surface area contributed by atoms with E-state index < -0.39 is 11.5 Å². The van der Waals surface area contributed by atoms with Gasteiger partial charge in [-0.25, -0.2) is 0 Å². The molecule has 1 aliphatic carbocycles. The van der Waals surface area contributed by atoms with Gasteiger partial charge in [0, 0.05) is 12.7 Å². The molecule has 2 unspecified atom stereocenters. The highest BCUT2D eigenvalue weighted by Gasteiger charge is 2.48. The second-order valence-electron chi connectivity index (χ2n) is 5.52. The van der Waals surface area contributed by atoms with Crippen LogP contribution in [0.5, 0.6) is 0 Å². The lowest BCUT2D eigenvalue weighted by Crippen LogP contribution is -2.55. The van der Waals surface area contributed by atoms with Gasteiger partial charge in [-0.05, 0) is 38.1 Å². The molecule has 7 heteroatoms. The SMILES string of the molecule is CCCNC1(C(=O)O)CCCC1CCSc1nnc(C)o1. The maximum absolute atomic E-state index is 11.8. The number of nitrogens with one attached hydrogen (secondary N) is 1. The topological polar surface area (TPSA) is 88.2 Å². The molecule has 0 aromatic carbocycles. The minimum Gasteiger partial charge on any atom is -0.480 e. The molecule has 0 aliphatic heterocycles. The van der Waals surface area contributed by atoms with Crippen LogP contribution >= 0.6 is 11.8 Å². The van der Waals surface area contributed by atoms with Crippen LogP contribution in [0.3, 0.4) is 0 Å². The van der Waals surface area contributed by atoms with E-state index in [9.17, 15) is 9.90 Å². The van der Waals surface area contributed by atoms with Gasteiger partial charge in [0.2, 0.25) is 5.89 Å². The number of hydrogen-bond donors (Lipinski definition) is 2. The van der Waals surface area contributed by atoms with Crippen molar-refractivity contribution in [1.29, 1.82) is 0 Å². The van der Waals surface area contributed by atoms with Gasteiger partial charge in [0.05, 0.1) is 0 Å². The van der Waals surface area contributed by atoms with Gasteiger partial charge in [0.25, 0.3) is 5.22 Å². The summed E-state index contributed by atoms with van der Waals surface area (Å²) >= 11 is 1.50. The molecule has 6 nitrogen and oxygen atoms in total. The fourth-order valence-corrected chi connectivity index (χ4v) is 3.89. The fourth-order valence-electron chi connectivity index (χ4n) is 3.03. The van der Waals surface area contributed by atoms with Crippen LogP contribution in [-0.4, -0.2) is 39.1 Å². The number of aromatic nitrogens is 2. The molecular formula is C14H23N3O3S. The number of carboxylic acids is 1. The summed E-state index contributed by atoms with van der Waals surface area (Å²) < 4.78 is 5.32. The summed E-state index contributed by atoms with van der Waals surface area (Å²) in [5.74, 6) is 0.813.